The number of aliphatic imine (C=N–C) groups is 1. The van der Waals surface area contributed by atoms with E-state index in [1.165, 1.54) is 47.4 Å². The Morgan fingerprint density at radius 1 is 0.938 bits per heavy atom. The van der Waals surface area contributed by atoms with Crippen LogP contribution in [0.25, 0.3) is 0 Å². The van der Waals surface area contributed by atoms with Gasteiger partial charge in [-0.05, 0) is 128 Å². The highest BCUT2D eigenvalue weighted by molar-refractivity contribution is 7.89. The number of aliphatic carboxylic acids is 1. The molecule has 15 nitrogen and oxygen atoms in total. The number of nitrogens with two attached hydrogens (primary N) is 2. The van der Waals surface area contributed by atoms with Crippen LogP contribution >= 0.6 is 0 Å². The van der Waals surface area contributed by atoms with Gasteiger partial charge >= 0.3 is 5.97 Å². The van der Waals surface area contributed by atoms with Crippen molar-refractivity contribution in [3.63, 3.8) is 0 Å². The van der Waals surface area contributed by atoms with Gasteiger partial charge in [0.05, 0.1) is 23.8 Å². The molecule has 3 heterocycles. The van der Waals surface area contributed by atoms with Gasteiger partial charge in [0.15, 0.2) is 5.96 Å². The van der Waals surface area contributed by atoms with Crippen LogP contribution in [0.5, 0.6) is 5.75 Å². The summed E-state index contributed by atoms with van der Waals surface area (Å²) in [4.78, 5) is 45.2. The van der Waals surface area contributed by atoms with Gasteiger partial charge in [-0.1, -0.05) is 50.2 Å². The summed E-state index contributed by atoms with van der Waals surface area (Å²) in [7, 11) is -4.10. The zero-order valence-corrected chi connectivity index (χ0v) is 37.1. The Balaban J connectivity index is 0.000000218. The molecule has 2 amide bonds. The van der Waals surface area contributed by atoms with Crippen LogP contribution < -0.4 is 26.4 Å². The molecule has 4 aromatic rings. The number of carbonyl (C=O) groups is 3. The van der Waals surface area contributed by atoms with Crippen LogP contribution in [0.4, 0.5) is 20.2 Å². The van der Waals surface area contributed by atoms with E-state index < -0.39 is 40.1 Å². The molecule has 0 aromatic heterocycles. The minimum absolute atomic E-state index is 0.0750. The fourth-order valence-electron chi connectivity index (χ4n) is 8.68. The van der Waals surface area contributed by atoms with Crippen molar-refractivity contribution in [3.05, 3.63) is 119 Å². The number of likely N-dealkylation sites (tertiary alicyclic amines) is 1. The molecule has 2 saturated heterocycles. The summed E-state index contributed by atoms with van der Waals surface area (Å²) in [6.45, 7) is 5.14. The van der Waals surface area contributed by atoms with Crippen molar-refractivity contribution in [2.24, 2.45) is 34.2 Å². The lowest BCUT2D eigenvalue weighted by Gasteiger charge is -2.48. The number of amides is 2. The Morgan fingerprint density at radius 2 is 1.60 bits per heavy atom. The Kier molecular flexibility index (Phi) is 15.8. The van der Waals surface area contributed by atoms with Crippen LogP contribution in [0, 0.1) is 29.4 Å². The second kappa shape index (κ2) is 21.3. The standard InChI is InChI=1S/C24H21F2NO3.C23H36N6O5S/c25-17-5-1-15(2-6-17)22(29)14-13-21-23(16-3-11-20(28)12-4-16)27(24(21)30)19-9-7-18(26)8-10-19;1-14-8-10-29(18(12-14)22(31)32)21(30)17(6-4-9-26-23(24)25)28-35(33,34)19-7-3-5-16-11-15(2)13-27-20(16)19/h1-12,21-23,28-29H,13-14H2;3,5,7,14-15,17-18,27-28H,4,6,8-13H2,1-2H3,(H,31,32)(H4,24,25,26)/t21-,22+,23-;14-,15?,17+,18-/m11/s1. The number of aromatic hydroxyl groups is 1. The van der Waals surface area contributed by atoms with Crippen LogP contribution in [0.15, 0.2) is 101 Å². The summed E-state index contributed by atoms with van der Waals surface area (Å²) in [5, 5.41) is 33.0. The maximum absolute atomic E-state index is 13.5. The number of nitrogens with zero attached hydrogens (tertiary/aromatic N) is 3. The van der Waals surface area contributed by atoms with E-state index in [0.29, 0.717) is 61.5 Å². The van der Waals surface area contributed by atoms with Crippen LogP contribution in [0.1, 0.15) is 81.2 Å². The van der Waals surface area contributed by atoms with Gasteiger partial charge < -0.3 is 41.9 Å². The average Bonchev–Trinajstić information content (AvgIpc) is 3.27. The Bertz CT molecular complexity index is 2440. The van der Waals surface area contributed by atoms with E-state index in [4.69, 9.17) is 11.5 Å². The molecule has 7 rings (SSSR count). The van der Waals surface area contributed by atoms with E-state index in [2.05, 4.69) is 22.0 Å². The predicted octanol–water partition coefficient (Wildman–Crippen LogP) is 5.59. The van der Waals surface area contributed by atoms with Crippen molar-refractivity contribution in [2.75, 3.05) is 29.9 Å². The highest BCUT2D eigenvalue weighted by atomic mass is 32.2. The summed E-state index contributed by atoms with van der Waals surface area (Å²) in [5.41, 5.74) is 14.2. The summed E-state index contributed by atoms with van der Waals surface area (Å²) < 4.78 is 56.0. The van der Waals surface area contributed by atoms with Gasteiger partial charge in [-0.25, -0.2) is 22.0 Å². The van der Waals surface area contributed by atoms with Crippen molar-refractivity contribution >= 4 is 45.1 Å². The molecule has 65 heavy (non-hydrogen) atoms. The quantitative estimate of drug-likeness (QED) is 0.0336. The number of phenolic OH excluding ortho intramolecular Hbond substituents is 1. The number of nitrogens with one attached hydrogen (secondary N) is 2. The normalized spacial score (nSPS) is 21.4. The molecular formula is C47H57F2N7O8S. The average molecular weight is 918 g/mol. The molecule has 7 atom stereocenters. The van der Waals surface area contributed by atoms with Gasteiger partial charge in [-0.2, -0.15) is 4.72 Å². The molecule has 0 bridgehead atoms. The first kappa shape index (κ1) is 48.3. The van der Waals surface area contributed by atoms with Gasteiger partial charge in [0.2, 0.25) is 21.8 Å². The number of benzene rings is 4. The number of hydrogen-bond acceptors (Lipinski definition) is 9. The maximum atomic E-state index is 13.5. The van der Waals surface area contributed by atoms with Gasteiger partial charge in [0, 0.05) is 25.3 Å². The number of fused-ring (bicyclic) bond motifs is 1. The highest BCUT2D eigenvalue weighted by Crippen LogP contribution is 2.46. The highest BCUT2D eigenvalue weighted by Gasteiger charge is 2.48. The van der Waals surface area contributed by atoms with Crippen molar-refractivity contribution in [1.29, 1.82) is 0 Å². The van der Waals surface area contributed by atoms with Crippen molar-refractivity contribution < 1.29 is 46.9 Å². The topological polar surface area (TPSA) is 241 Å². The first-order valence-electron chi connectivity index (χ1n) is 21.7. The number of rotatable bonds is 15. The molecule has 0 spiro atoms. The van der Waals surface area contributed by atoms with E-state index in [9.17, 15) is 46.9 Å². The third kappa shape index (κ3) is 12.0. The smallest absolute Gasteiger partial charge is 0.326 e. The number of carboxylic acid groups (broad SMARTS) is 1. The lowest BCUT2D eigenvalue weighted by atomic mass is 9.78. The molecule has 0 aliphatic carbocycles. The number of halogens is 2. The third-order valence-electron chi connectivity index (χ3n) is 12.1. The Labute approximate surface area is 377 Å². The predicted molar refractivity (Wildman–Crippen MR) is 242 cm³/mol. The zero-order chi connectivity index (χ0) is 47.0. The maximum Gasteiger partial charge on any atom is 0.326 e. The first-order chi connectivity index (χ1) is 30.9. The first-order valence-corrected chi connectivity index (χ1v) is 23.2. The number of carbonyl (C=O) groups excluding carboxylic acids is 2. The minimum Gasteiger partial charge on any atom is -0.508 e. The van der Waals surface area contributed by atoms with Crippen molar-refractivity contribution in [1.82, 2.24) is 9.62 Å². The molecule has 3 aliphatic rings. The summed E-state index contributed by atoms with van der Waals surface area (Å²) in [6.07, 6.45) is 2.14. The van der Waals surface area contributed by atoms with Crippen LogP contribution in [0.2, 0.25) is 0 Å². The van der Waals surface area contributed by atoms with Crippen LogP contribution in [-0.4, -0.2) is 84.1 Å². The van der Waals surface area contributed by atoms with E-state index >= 15 is 0 Å². The fraction of sp³-hybridized carbons (Fsp3) is 0.404. The molecule has 348 valence electrons. The number of carboxylic acids is 1. The largest absolute Gasteiger partial charge is 0.508 e. The monoisotopic (exact) mass is 917 g/mol. The third-order valence-corrected chi connectivity index (χ3v) is 13.6. The van der Waals surface area contributed by atoms with Gasteiger partial charge in [0.1, 0.15) is 34.4 Å². The van der Waals surface area contributed by atoms with Crippen LogP contribution in [-0.2, 0) is 30.8 Å². The molecule has 3 aliphatic heterocycles. The molecule has 2 fully saturated rings. The number of β-lactam (4-membered cyclic amide) rings is 1. The second-order valence-electron chi connectivity index (χ2n) is 17.1. The number of phenols is 1. The fourth-order valence-corrected chi connectivity index (χ4v) is 10.1. The number of guanidine groups is 1. The number of hydrogen-bond donors (Lipinski definition) is 7. The van der Waals surface area contributed by atoms with Gasteiger partial charge in [-0.3, -0.25) is 14.6 Å². The second-order valence-corrected chi connectivity index (χ2v) is 18.8. The van der Waals surface area contributed by atoms with Gasteiger partial charge in [-0.15, -0.1) is 0 Å². The molecule has 4 aromatic carbocycles. The van der Waals surface area contributed by atoms with Crippen molar-refractivity contribution in [2.45, 2.75) is 87.9 Å². The number of aliphatic hydroxyl groups excluding tert-OH is 1. The number of para-hydroxylation sites is 1. The zero-order valence-electron chi connectivity index (χ0n) is 36.3. The van der Waals surface area contributed by atoms with E-state index in [1.54, 1.807) is 47.4 Å². The molecule has 18 heteroatoms. The van der Waals surface area contributed by atoms with E-state index in [-0.39, 0.29) is 71.5 Å². The summed E-state index contributed by atoms with van der Waals surface area (Å²) in [6, 6.07) is 20.7. The number of aliphatic hydroxyl groups is 1. The number of anilines is 2. The Morgan fingerprint density at radius 3 is 2.25 bits per heavy atom. The van der Waals surface area contributed by atoms with Crippen molar-refractivity contribution in [3.8, 4) is 5.75 Å². The molecule has 9 N–H and O–H groups in total. The minimum atomic E-state index is -4.10. The lowest BCUT2D eigenvalue weighted by Crippen LogP contribution is -2.56. The number of sulfonamides is 1. The molecular weight excluding hydrogens is 861 g/mol. The number of piperidine rings is 1. The summed E-state index contributed by atoms with van der Waals surface area (Å²) >= 11 is 0. The SMILES string of the molecule is CC1CNc2c(cccc2S(=O)(=O)N[C@@H](CCCN=C(N)N)C(=O)N2CC[C@@H](C)C[C@@H]2C(=O)O)C1.O=C1[C@H](CC[C@H](O)c2ccc(F)cc2)[C@@H](c2ccc(O)cc2)N1c1ccc(F)cc1. The molecule has 1 unspecified atom stereocenters. The Hall–Kier alpha value is -6.11. The van der Waals surface area contributed by atoms with E-state index in [1.807, 2.05) is 13.0 Å². The molecule has 0 saturated carbocycles. The summed E-state index contributed by atoms with van der Waals surface area (Å²) in [5.74, 6) is -2.32. The van der Waals surface area contributed by atoms with Crippen LogP contribution in [0.3, 0.4) is 0 Å². The van der Waals surface area contributed by atoms with Gasteiger partial charge in [0.25, 0.3) is 0 Å². The lowest BCUT2D eigenvalue weighted by molar-refractivity contribution is -0.153. The molecule has 0 radical (unpaired) electrons. The van der Waals surface area contributed by atoms with E-state index in [0.717, 1.165) is 17.5 Å².